The van der Waals surface area contributed by atoms with Crippen molar-refractivity contribution in [2.75, 3.05) is 13.7 Å². The molecular weight excluding hydrogens is 388 g/mol. The maximum atomic E-state index is 8.71. The molecule has 0 atom stereocenters. The van der Waals surface area contributed by atoms with Crippen LogP contribution in [0.15, 0.2) is 84.0 Å². The number of benzene rings is 3. The van der Waals surface area contributed by atoms with Crippen LogP contribution in [0.2, 0.25) is 0 Å². The van der Waals surface area contributed by atoms with Crippen LogP contribution in [0.4, 0.5) is 0 Å². The first-order valence-electron chi connectivity index (χ1n) is 10.2. The molecule has 3 aromatic rings. The molecule has 0 N–H and O–H groups in total. The van der Waals surface area contributed by atoms with Gasteiger partial charge in [0.05, 0.1) is 12.5 Å². The lowest BCUT2D eigenvalue weighted by molar-refractivity contribution is 0.210. The molecule has 0 heterocycles. The van der Waals surface area contributed by atoms with E-state index in [0.717, 1.165) is 33.9 Å². The molecule has 31 heavy (non-hydrogen) atoms. The Labute approximate surface area is 184 Å². The molecule has 160 valence electrons. The smallest absolute Gasteiger partial charge is 0.134 e. The summed E-state index contributed by atoms with van der Waals surface area (Å²) in [6.45, 7) is 4.76. The van der Waals surface area contributed by atoms with Crippen LogP contribution in [-0.2, 0) is 17.9 Å². The summed E-state index contributed by atoms with van der Waals surface area (Å²) in [6.07, 6.45) is 0.406. The summed E-state index contributed by atoms with van der Waals surface area (Å²) in [7, 11) is 1.52. The molecule has 0 fully saturated rings. The van der Waals surface area contributed by atoms with Crippen molar-refractivity contribution in [3.63, 3.8) is 0 Å². The average Bonchev–Trinajstić information content (AvgIpc) is 2.84. The summed E-state index contributed by atoms with van der Waals surface area (Å²) in [4.78, 5) is 4.94. The molecule has 0 bridgehead atoms. The number of nitriles is 1. The maximum absolute atomic E-state index is 8.71. The molecule has 0 aliphatic heterocycles. The van der Waals surface area contributed by atoms with Gasteiger partial charge in [-0.3, -0.25) is 0 Å². The second kappa shape index (κ2) is 13.4. The summed E-state index contributed by atoms with van der Waals surface area (Å²) in [6, 6.07) is 27.2. The highest BCUT2D eigenvalue weighted by Gasteiger charge is 2.06. The second-order valence-electron chi connectivity index (χ2n) is 6.29. The highest BCUT2D eigenvalue weighted by atomic mass is 16.6. The molecule has 3 rings (SSSR count). The van der Waals surface area contributed by atoms with Crippen LogP contribution in [0.25, 0.3) is 0 Å². The van der Waals surface area contributed by atoms with Gasteiger partial charge in [0.25, 0.3) is 0 Å². The lowest BCUT2D eigenvalue weighted by Gasteiger charge is -2.10. The van der Waals surface area contributed by atoms with E-state index in [4.69, 9.17) is 19.6 Å². The van der Waals surface area contributed by atoms with Gasteiger partial charge in [-0.2, -0.15) is 5.26 Å². The zero-order valence-corrected chi connectivity index (χ0v) is 18.2. The van der Waals surface area contributed by atoms with Crippen LogP contribution in [0.1, 0.15) is 30.5 Å². The van der Waals surface area contributed by atoms with Crippen molar-refractivity contribution in [3.05, 3.63) is 95.6 Å². The van der Waals surface area contributed by atoms with E-state index in [0.29, 0.717) is 19.6 Å². The monoisotopic (exact) mass is 416 g/mol. The van der Waals surface area contributed by atoms with Gasteiger partial charge >= 0.3 is 0 Å². The Morgan fingerprint density at radius 2 is 1.39 bits per heavy atom. The number of nitrogens with zero attached hydrogens (tertiary/aromatic N) is 2. The van der Waals surface area contributed by atoms with E-state index in [1.807, 2.05) is 92.7 Å². The predicted molar refractivity (Wildman–Crippen MR) is 123 cm³/mol. The number of rotatable bonds is 9. The first-order valence-corrected chi connectivity index (χ1v) is 10.2. The Hall–Kier alpha value is -3.78. The van der Waals surface area contributed by atoms with Crippen LogP contribution in [0.5, 0.6) is 11.5 Å². The Kier molecular flexibility index (Phi) is 10.2. The molecule has 5 heteroatoms. The Morgan fingerprint density at radius 3 is 1.97 bits per heavy atom. The van der Waals surface area contributed by atoms with Crippen molar-refractivity contribution >= 4 is 5.71 Å². The standard InChI is InChI=1S/C24H22N2O3.C2H6/c1-27-26-24(21-5-3-2-4-6-21)18-29-23-13-9-20(10-14-23)17-28-22-11-7-19(8-12-22)15-16-25;1-2/h2-14H,15,17-18H2,1H3;1-2H3/b26-24+;. The van der Waals surface area contributed by atoms with Gasteiger partial charge < -0.3 is 14.3 Å². The van der Waals surface area contributed by atoms with Crippen molar-refractivity contribution in [2.45, 2.75) is 26.9 Å². The van der Waals surface area contributed by atoms with Crippen LogP contribution in [0.3, 0.4) is 0 Å². The van der Waals surface area contributed by atoms with Crippen LogP contribution in [-0.4, -0.2) is 19.4 Å². The highest BCUT2D eigenvalue weighted by molar-refractivity contribution is 6.01. The van der Waals surface area contributed by atoms with Gasteiger partial charge in [0, 0.05) is 5.56 Å². The van der Waals surface area contributed by atoms with Crippen LogP contribution in [0, 0.1) is 11.3 Å². The molecule has 0 radical (unpaired) electrons. The minimum atomic E-state index is 0.308. The third-order valence-corrected chi connectivity index (χ3v) is 4.22. The maximum Gasteiger partial charge on any atom is 0.134 e. The number of oxime groups is 1. The van der Waals surface area contributed by atoms with E-state index in [2.05, 4.69) is 11.2 Å². The Balaban J connectivity index is 0.00000166. The summed E-state index contributed by atoms with van der Waals surface area (Å²) >= 11 is 0. The quantitative estimate of drug-likeness (QED) is 0.327. The lowest BCUT2D eigenvalue weighted by atomic mass is 10.1. The number of ether oxygens (including phenoxy) is 2. The Morgan fingerprint density at radius 1 is 0.806 bits per heavy atom. The fraction of sp³-hybridized carbons (Fsp3) is 0.231. The van der Waals surface area contributed by atoms with Crippen molar-refractivity contribution in [1.29, 1.82) is 5.26 Å². The third kappa shape index (κ3) is 7.87. The van der Waals surface area contributed by atoms with Gasteiger partial charge in [-0.15, -0.1) is 0 Å². The summed E-state index contributed by atoms with van der Waals surface area (Å²) in [5.74, 6) is 1.52. The van der Waals surface area contributed by atoms with Crippen molar-refractivity contribution < 1.29 is 14.3 Å². The zero-order valence-electron chi connectivity index (χ0n) is 18.2. The normalized spacial score (nSPS) is 10.3. The Bertz CT molecular complexity index is 960. The zero-order chi connectivity index (χ0) is 22.3. The molecule has 0 aliphatic carbocycles. The van der Waals surface area contributed by atoms with Crippen molar-refractivity contribution in [3.8, 4) is 17.6 Å². The first kappa shape index (κ1) is 23.5. The second-order valence-corrected chi connectivity index (χ2v) is 6.29. The largest absolute Gasteiger partial charge is 0.489 e. The van der Waals surface area contributed by atoms with Gasteiger partial charge in [-0.1, -0.05) is 73.6 Å². The minimum absolute atomic E-state index is 0.308. The molecule has 0 saturated heterocycles. The average molecular weight is 417 g/mol. The molecule has 3 aromatic carbocycles. The van der Waals surface area contributed by atoms with E-state index in [9.17, 15) is 0 Å². The molecule has 0 spiro atoms. The predicted octanol–water partition coefficient (Wildman–Crippen LogP) is 5.79. The summed E-state index contributed by atoms with van der Waals surface area (Å²) in [5, 5.41) is 12.8. The van der Waals surface area contributed by atoms with Crippen LogP contribution >= 0.6 is 0 Å². The first-order chi connectivity index (χ1) is 15.3. The lowest BCUT2D eigenvalue weighted by Crippen LogP contribution is -2.13. The van der Waals surface area contributed by atoms with Gasteiger partial charge in [0.15, 0.2) is 0 Å². The van der Waals surface area contributed by atoms with Crippen LogP contribution < -0.4 is 9.47 Å². The summed E-state index contributed by atoms with van der Waals surface area (Å²) in [5.41, 5.74) is 3.70. The van der Waals surface area contributed by atoms with E-state index < -0.39 is 0 Å². The fourth-order valence-corrected chi connectivity index (χ4v) is 2.70. The molecule has 5 nitrogen and oxygen atoms in total. The van der Waals surface area contributed by atoms with Crippen molar-refractivity contribution in [2.24, 2.45) is 5.16 Å². The minimum Gasteiger partial charge on any atom is -0.489 e. The summed E-state index contributed by atoms with van der Waals surface area (Å²) < 4.78 is 11.6. The van der Waals surface area contributed by atoms with Crippen molar-refractivity contribution in [1.82, 2.24) is 0 Å². The molecule has 0 aromatic heterocycles. The van der Waals surface area contributed by atoms with Gasteiger partial charge in [-0.25, -0.2) is 0 Å². The molecule has 0 aliphatic rings. The topological polar surface area (TPSA) is 63.8 Å². The third-order valence-electron chi connectivity index (χ3n) is 4.22. The highest BCUT2D eigenvalue weighted by Crippen LogP contribution is 2.17. The molecule has 0 unspecified atom stereocenters. The molecule has 0 saturated carbocycles. The number of hydrogen-bond acceptors (Lipinski definition) is 5. The number of hydrogen-bond donors (Lipinski definition) is 0. The van der Waals surface area contributed by atoms with E-state index in [1.165, 1.54) is 7.11 Å². The van der Waals surface area contributed by atoms with Gasteiger partial charge in [0.2, 0.25) is 0 Å². The SMILES string of the molecule is CC.CO/N=C(\COc1ccc(COc2ccc(CC#N)cc2)cc1)c1ccccc1. The van der Waals surface area contributed by atoms with E-state index in [-0.39, 0.29) is 0 Å². The fourth-order valence-electron chi connectivity index (χ4n) is 2.70. The van der Waals surface area contributed by atoms with Gasteiger partial charge in [0.1, 0.15) is 37.5 Å². The van der Waals surface area contributed by atoms with E-state index in [1.54, 1.807) is 0 Å². The molecular formula is C26H28N2O3. The van der Waals surface area contributed by atoms with E-state index >= 15 is 0 Å². The molecule has 0 amide bonds. The van der Waals surface area contributed by atoms with Gasteiger partial charge in [-0.05, 0) is 35.4 Å².